The predicted octanol–water partition coefficient (Wildman–Crippen LogP) is 6.02. The molecule has 9 heteroatoms. The minimum Gasteiger partial charge on any atom is -0.471 e. The van der Waals surface area contributed by atoms with Gasteiger partial charge in [0.1, 0.15) is 10.8 Å². The number of rotatable bonds is 7. The molecule has 0 aliphatic carbocycles. The van der Waals surface area contributed by atoms with Gasteiger partial charge in [0.25, 0.3) is 5.91 Å². The van der Waals surface area contributed by atoms with Crippen molar-refractivity contribution in [2.45, 2.75) is 39.5 Å². The smallest absolute Gasteiger partial charge is 0.277 e. The summed E-state index contributed by atoms with van der Waals surface area (Å²) < 4.78 is 8.98. The highest BCUT2D eigenvalue weighted by molar-refractivity contribution is 6.33. The van der Waals surface area contributed by atoms with Gasteiger partial charge in [-0.05, 0) is 46.9 Å². The number of carbonyl (C=O) groups is 1. The first-order chi connectivity index (χ1) is 16.2. The average molecular weight is 498 g/mol. The minimum atomic E-state index is -0.410. The van der Waals surface area contributed by atoms with Crippen LogP contribution >= 0.6 is 23.2 Å². The summed E-state index contributed by atoms with van der Waals surface area (Å²) in [4.78, 5) is 12.6. The van der Waals surface area contributed by atoms with Gasteiger partial charge < -0.3 is 10.1 Å². The second-order valence-corrected chi connectivity index (χ2v) is 9.74. The summed E-state index contributed by atoms with van der Waals surface area (Å²) in [6.45, 7) is 7.16. The summed E-state index contributed by atoms with van der Waals surface area (Å²) in [5.74, 6) is 0.588. The van der Waals surface area contributed by atoms with Gasteiger partial charge in [-0.2, -0.15) is 10.2 Å². The summed E-state index contributed by atoms with van der Waals surface area (Å²) in [6, 6.07) is 17.0. The first kappa shape index (κ1) is 23.9. The number of benzene rings is 2. The molecule has 176 valence electrons. The molecule has 0 unspecified atom stereocenters. The largest absolute Gasteiger partial charge is 0.471 e. The second kappa shape index (κ2) is 9.91. The van der Waals surface area contributed by atoms with Crippen LogP contribution in [0, 0.1) is 0 Å². The van der Waals surface area contributed by atoms with E-state index in [0.717, 1.165) is 11.3 Å². The molecule has 0 spiro atoms. The SMILES string of the molecule is CC(C)(C)c1ccc(OCn2ccc(C(=O)Nc3nn(Cc4ccc(Cl)cc4)cc3Cl)n2)cc1. The molecular weight excluding hydrogens is 473 g/mol. The molecule has 4 aromatic rings. The highest BCUT2D eigenvalue weighted by Gasteiger charge is 2.16. The van der Waals surface area contributed by atoms with Gasteiger partial charge in [0.15, 0.2) is 18.2 Å². The Labute approximate surface area is 208 Å². The Kier molecular flexibility index (Phi) is 6.95. The Hall–Kier alpha value is -3.29. The molecule has 1 N–H and O–H groups in total. The summed E-state index contributed by atoms with van der Waals surface area (Å²) >= 11 is 12.2. The van der Waals surface area contributed by atoms with E-state index in [1.807, 2.05) is 48.5 Å². The molecular formula is C25H25Cl2N5O2. The maximum Gasteiger partial charge on any atom is 0.277 e. The van der Waals surface area contributed by atoms with Gasteiger partial charge in [0, 0.05) is 17.4 Å². The fraction of sp³-hybridized carbons (Fsp3) is 0.240. The Morgan fingerprint density at radius 2 is 1.68 bits per heavy atom. The maximum atomic E-state index is 12.6. The molecule has 0 fully saturated rings. The van der Waals surface area contributed by atoms with Gasteiger partial charge in [-0.25, -0.2) is 4.68 Å². The highest BCUT2D eigenvalue weighted by atomic mass is 35.5. The number of halogens is 2. The molecule has 0 saturated heterocycles. The van der Waals surface area contributed by atoms with Crippen LogP contribution in [0.15, 0.2) is 67.0 Å². The lowest BCUT2D eigenvalue weighted by Crippen LogP contribution is -2.15. The molecule has 0 aliphatic rings. The third-order valence-corrected chi connectivity index (χ3v) is 5.69. The zero-order valence-corrected chi connectivity index (χ0v) is 20.6. The normalized spacial score (nSPS) is 11.4. The number of ether oxygens (including phenoxy) is 1. The summed E-state index contributed by atoms with van der Waals surface area (Å²) in [5.41, 5.74) is 2.55. The van der Waals surface area contributed by atoms with Crippen LogP contribution in [0.2, 0.25) is 10.0 Å². The van der Waals surface area contributed by atoms with E-state index in [1.165, 1.54) is 5.56 Å². The zero-order valence-electron chi connectivity index (χ0n) is 19.1. The zero-order chi connectivity index (χ0) is 24.3. The van der Waals surface area contributed by atoms with Crippen molar-refractivity contribution in [1.29, 1.82) is 0 Å². The molecule has 0 aliphatic heterocycles. The van der Waals surface area contributed by atoms with Crippen molar-refractivity contribution in [2.75, 3.05) is 5.32 Å². The maximum absolute atomic E-state index is 12.6. The van der Waals surface area contributed by atoms with Crippen LogP contribution in [0.5, 0.6) is 5.75 Å². The Balaban J connectivity index is 1.34. The number of nitrogens with zero attached hydrogens (tertiary/aromatic N) is 4. The van der Waals surface area contributed by atoms with Crippen LogP contribution in [-0.2, 0) is 18.7 Å². The van der Waals surface area contributed by atoms with Gasteiger partial charge in [-0.15, -0.1) is 0 Å². The van der Waals surface area contributed by atoms with E-state index < -0.39 is 5.91 Å². The first-order valence-corrected chi connectivity index (χ1v) is 11.5. The van der Waals surface area contributed by atoms with Crippen LogP contribution in [0.4, 0.5) is 5.82 Å². The lowest BCUT2D eigenvalue weighted by atomic mass is 9.87. The van der Waals surface area contributed by atoms with Gasteiger partial charge in [0.2, 0.25) is 0 Å². The molecule has 4 rings (SSSR count). The minimum absolute atomic E-state index is 0.0807. The van der Waals surface area contributed by atoms with E-state index in [-0.39, 0.29) is 23.7 Å². The van der Waals surface area contributed by atoms with Crippen LogP contribution < -0.4 is 10.1 Å². The van der Waals surface area contributed by atoms with Crippen molar-refractivity contribution in [1.82, 2.24) is 19.6 Å². The lowest BCUT2D eigenvalue weighted by molar-refractivity contribution is 0.101. The Bertz CT molecular complexity index is 1270. The topological polar surface area (TPSA) is 74.0 Å². The van der Waals surface area contributed by atoms with Crippen LogP contribution in [0.3, 0.4) is 0 Å². The van der Waals surface area contributed by atoms with E-state index in [9.17, 15) is 4.79 Å². The van der Waals surface area contributed by atoms with Crippen molar-refractivity contribution in [3.63, 3.8) is 0 Å². The molecule has 34 heavy (non-hydrogen) atoms. The van der Waals surface area contributed by atoms with E-state index >= 15 is 0 Å². The van der Waals surface area contributed by atoms with Crippen molar-refractivity contribution in [3.8, 4) is 5.75 Å². The summed E-state index contributed by atoms with van der Waals surface area (Å²) in [7, 11) is 0. The monoisotopic (exact) mass is 497 g/mol. The third-order valence-electron chi connectivity index (χ3n) is 5.16. The van der Waals surface area contributed by atoms with Crippen molar-refractivity contribution < 1.29 is 9.53 Å². The number of aromatic nitrogens is 4. The number of hydrogen-bond donors (Lipinski definition) is 1. The molecule has 1 amide bonds. The van der Waals surface area contributed by atoms with Crippen LogP contribution in [0.1, 0.15) is 42.4 Å². The molecule has 0 radical (unpaired) electrons. The summed E-state index contributed by atoms with van der Waals surface area (Å²) in [6.07, 6.45) is 3.34. The second-order valence-electron chi connectivity index (χ2n) is 8.89. The van der Waals surface area contributed by atoms with Crippen molar-refractivity contribution in [3.05, 3.63) is 93.9 Å². The summed E-state index contributed by atoms with van der Waals surface area (Å²) in [5, 5.41) is 12.4. The Morgan fingerprint density at radius 1 is 0.971 bits per heavy atom. The average Bonchev–Trinajstić information content (AvgIpc) is 3.40. The van der Waals surface area contributed by atoms with Gasteiger partial charge in [-0.1, -0.05) is 68.2 Å². The Morgan fingerprint density at radius 3 is 2.35 bits per heavy atom. The van der Waals surface area contributed by atoms with Crippen LogP contribution in [0.25, 0.3) is 0 Å². The number of nitrogens with one attached hydrogen (secondary N) is 1. The highest BCUT2D eigenvalue weighted by Crippen LogP contribution is 2.24. The molecule has 2 heterocycles. The predicted molar refractivity (Wildman–Crippen MR) is 134 cm³/mol. The number of hydrogen-bond acceptors (Lipinski definition) is 4. The number of carbonyl (C=O) groups excluding carboxylic acids is 1. The fourth-order valence-corrected chi connectivity index (χ4v) is 3.58. The molecule has 0 bridgehead atoms. The molecule has 7 nitrogen and oxygen atoms in total. The molecule has 0 atom stereocenters. The number of anilines is 1. The quantitative estimate of drug-likeness (QED) is 0.338. The first-order valence-electron chi connectivity index (χ1n) is 10.7. The third kappa shape index (κ3) is 5.98. The van der Waals surface area contributed by atoms with E-state index in [0.29, 0.717) is 16.6 Å². The molecule has 2 aromatic heterocycles. The molecule has 0 saturated carbocycles. The van der Waals surface area contributed by atoms with Crippen molar-refractivity contribution in [2.24, 2.45) is 0 Å². The molecule has 2 aromatic carbocycles. The van der Waals surface area contributed by atoms with E-state index in [1.54, 1.807) is 27.8 Å². The van der Waals surface area contributed by atoms with Gasteiger partial charge in [-0.3, -0.25) is 9.48 Å². The van der Waals surface area contributed by atoms with E-state index in [4.69, 9.17) is 27.9 Å². The van der Waals surface area contributed by atoms with Crippen LogP contribution in [-0.4, -0.2) is 25.5 Å². The number of amides is 1. The lowest BCUT2D eigenvalue weighted by Gasteiger charge is -2.19. The standard InChI is InChI=1S/C25H25Cl2N5O2/c1-25(2,3)18-6-10-20(11-7-18)34-16-31-13-12-22(29-31)24(33)28-23-21(27)15-32(30-23)14-17-4-8-19(26)9-5-17/h4-13,15H,14,16H2,1-3H3,(H,28,30,33). The van der Waals surface area contributed by atoms with Crippen molar-refractivity contribution >= 4 is 34.9 Å². The fourth-order valence-electron chi connectivity index (χ4n) is 3.26. The van der Waals surface area contributed by atoms with Gasteiger partial charge >= 0.3 is 0 Å². The van der Waals surface area contributed by atoms with Gasteiger partial charge in [0.05, 0.1) is 6.54 Å². The van der Waals surface area contributed by atoms with E-state index in [2.05, 4.69) is 36.3 Å².